The lowest BCUT2D eigenvalue weighted by atomic mass is 9.98. The molecule has 4 heteroatoms. The number of aryl methyl sites for hydroxylation is 1. The van der Waals surface area contributed by atoms with Crippen molar-refractivity contribution in [2.45, 2.75) is 19.7 Å². The van der Waals surface area contributed by atoms with E-state index in [1.165, 1.54) is 0 Å². The molecule has 16 heavy (non-hydrogen) atoms. The van der Waals surface area contributed by atoms with Crippen LogP contribution in [0, 0.1) is 18.3 Å². The first-order chi connectivity index (χ1) is 7.65. The zero-order valence-electron chi connectivity index (χ0n) is 9.21. The third-order valence-electron chi connectivity index (χ3n) is 2.25. The fraction of sp³-hybridized carbons (Fsp3) is 0.333. The van der Waals surface area contributed by atoms with Crippen LogP contribution in [-0.2, 0) is 10.6 Å². The fourth-order valence-corrected chi connectivity index (χ4v) is 1.77. The van der Waals surface area contributed by atoms with Gasteiger partial charge in [-0.1, -0.05) is 6.07 Å². The molecule has 0 fully saturated rings. The molecular formula is C12H12ClNO2. The van der Waals surface area contributed by atoms with Crippen LogP contribution in [0.1, 0.15) is 34.0 Å². The molecule has 84 valence electrons. The van der Waals surface area contributed by atoms with Crippen LogP contribution in [0.3, 0.4) is 0 Å². The van der Waals surface area contributed by atoms with Crippen LogP contribution < -0.4 is 0 Å². The summed E-state index contributed by atoms with van der Waals surface area (Å²) in [5.41, 5.74) is 2.15. The number of esters is 1. The van der Waals surface area contributed by atoms with Gasteiger partial charge in [-0.2, -0.15) is 5.26 Å². The summed E-state index contributed by atoms with van der Waals surface area (Å²) in [5, 5.41) is 8.92. The number of hydrogen-bond donors (Lipinski definition) is 0. The van der Waals surface area contributed by atoms with Gasteiger partial charge in [-0.05, 0) is 31.0 Å². The zero-order valence-corrected chi connectivity index (χ0v) is 9.97. The molecule has 0 heterocycles. The number of halogens is 1. The van der Waals surface area contributed by atoms with Crippen molar-refractivity contribution >= 4 is 17.6 Å². The number of nitrogens with zero attached hydrogens (tertiary/aromatic N) is 1. The summed E-state index contributed by atoms with van der Waals surface area (Å²) < 4.78 is 4.94. The maximum atomic E-state index is 11.7. The molecule has 0 amide bonds. The Balaban J connectivity index is 3.35. The van der Waals surface area contributed by atoms with Gasteiger partial charge < -0.3 is 4.74 Å². The molecule has 1 aromatic carbocycles. The second kappa shape index (κ2) is 5.53. The van der Waals surface area contributed by atoms with Crippen molar-refractivity contribution in [3.8, 4) is 6.07 Å². The number of carbonyl (C=O) groups excluding carboxylic acids is 1. The van der Waals surface area contributed by atoms with Crippen molar-refractivity contribution in [3.05, 3.63) is 34.4 Å². The predicted octanol–water partition coefficient (Wildman–Crippen LogP) is 2.78. The number of ether oxygens (including phenoxy) is 1. The Morgan fingerprint density at radius 2 is 2.25 bits per heavy atom. The molecule has 0 bridgehead atoms. The SMILES string of the molecule is CCOC(=O)c1c(C)ccc(C#N)c1CCl. The number of carbonyl (C=O) groups is 1. The first-order valence-corrected chi connectivity index (χ1v) is 5.44. The van der Waals surface area contributed by atoms with Gasteiger partial charge in [0, 0.05) is 5.88 Å². The highest BCUT2D eigenvalue weighted by molar-refractivity contribution is 6.18. The first kappa shape index (κ1) is 12.5. The van der Waals surface area contributed by atoms with Gasteiger partial charge in [0.05, 0.1) is 23.8 Å². The summed E-state index contributed by atoms with van der Waals surface area (Å²) in [4.78, 5) is 11.7. The lowest BCUT2D eigenvalue weighted by molar-refractivity contribution is 0.0524. The van der Waals surface area contributed by atoms with Gasteiger partial charge in [-0.25, -0.2) is 4.79 Å². The average molecular weight is 238 g/mol. The molecule has 0 aliphatic carbocycles. The molecule has 1 aromatic rings. The quantitative estimate of drug-likeness (QED) is 0.600. The van der Waals surface area contributed by atoms with Crippen LogP contribution in [0.25, 0.3) is 0 Å². The number of alkyl halides is 1. The van der Waals surface area contributed by atoms with Crippen molar-refractivity contribution in [3.63, 3.8) is 0 Å². The molecule has 0 unspecified atom stereocenters. The summed E-state index contributed by atoms with van der Waals surface area (Å²) in [6.45, 7) is 3.84. The molecule has 0 atom stereocenters. The second-order valence-corrected chi connectivity index (χ2v) is 3.52. The third kappa shape index (κ3) is 2.34. The highest BCUT2D eigenvalue weighted by atomic mass is 35.5. The summed E-state index contributed by atoms with van der Waals surface area (Å²) in [6, 6.07) is 5.40. The number of nitriles is 1. The van der Waals surface area contributed by atoms with Crippen LogP contribution in [-0.4, -0.2) is 12.6 Å². The van der Waals surface area contributed by atoms with Gasteiger partial charge in [-0.3, -0.25) is 0 Å². The van der Waals surface area contributed by atoms with E-state index in [1.807, 2.05) is 6.07 Å². The van der Waals surface area contributed by atoms with Crippen LogP contribution in [0.2, 0.25) is 0 Å². The standard InChI is InChI=1S/C12H12ClNO2/c1-3-16-12(15)11-8(2)4-5-9(7-14)10(11)6-13/h4-5H,3,6H2,1-2H3. The fourth-order valence-electron chi connectivity index (χ4n) is 1.50. The Hall–Kier alpha value is -1.53. The average Bonchev–Trinajstić information content (AvgIpc) is 2.28. The van der Waals surface area contributed by atoms with E-state index in [0.717, 1.165) is 5.56 Å². The minimum Gasteiger partial charge on any atom is -0.462 e. The van der Waals surface area contributed by atoms with E-state index >= 15 is 0 Å². The van der Waals surface area contributed by atoms with E-state index < -0.39 is 5.97 Å². The van der Waals surface area contributed by atoms with E-state index in [1.54, 1.807) is 26.0 Å². The van der Waals surface area contributed by atoms with E-state index in [9.17, 15) is 4.79 Å². The minimum absolute atomic E-state index is 0.124. The van der Waals surface area contributed by atoms with E-state index in [0.29, 0.717) is 23.3 Å². The predicted molar refractivity (Wildman–Crippen MR) is 61.4 cm³/mol. The van der Waals surface area contributed by atoms with Gasteiger partial charge in [0.15, 0.2) is 0 Å². The van der Waals surface area contributed by atoms with E-state index in [2.05, 4.69) is 0 Å². The molecule has 0 saturated carbocycles. The summed E-state index contributed by atoms with van der Waals surface area (Å²) >= 11 is 5.77. The van der Waals surface area contributed by atoms with Crippen LogP contribution in [0.15, 0.2) is 12.1 Å². The van der Waals surface area contributed by atoms with Gasteiger partial charge in [-0.15, -0.1) is 11.6 Å². The van der Waals surface area contributed by atoms with Crippen molar-refractivity contribution in [2.24, 2.45) is 0 Å². The van der Waals surface area contributed by atoms with Crippen molar-refractivity contribution < 1.29 is 9.53 Å². The molecule has 3 nitrogen and oxygen atoms in total. The number of hydrogen-bond acceptors (Lipinski definition) is 3. The largest absolute Gasteiger partial charge is 0.462 e. The van der Waals surface area contributed by atoms with Crippen LogP contribution >= 0.6 is 11.6 Å². The Morgan fingerprint density at radius 3 is 2.75 bits per heavy atom. The molecule has 0 spiro atoms. The lowest BCUT2D eigenvalue weighted by Crippen LogP contribution is -2.11. The molecule has 0 aliphatic heterocycles. The molecular weight excluding hydrogens is 226 g/mol. The van der Waals surface area contributed by atoms with E-state index in [-0.39, 0.29) is 5.88 Å². The smallest absolute Gasteiger partial charge is 0.338 e. The summed E-state index contributed by atoms with van der Waals surface area (Å²) in [5.74, 6) is -0.300. The molecule has 1 rings (SSSR count). The Kier molecular flexibility index (Phi) is 4.33. The van der Waals surface area contributed by atoms with Crippen molar-refractivity contribution in [2.75, 3.05) is 6.61 Å². The normalized spacial score (nSPS) is 9.62. The highest BCUT2D eigenvalue weighted by Gasteiger charge is 2.17. The molecule has 0 saturated heterocycles. The van der Waals surface area contributed by atoms with Gasteiger partial charge in [0.2, 0.25) is 0 Å². The maximum absolute atomic E-state index is 11.7. The molecule has 0 radical (unpaired) electrons. The zero-order chi connectivity index (χ0) is 12.1. The van der Waals surface area contributed by atoms with Crippen LogP contribution in [0.4, 0.5) is 0 Å². The lowest BCUT2D eigenvalue weighted by Gasteiger charge is -2.11. The summed E-state index contributed by atoms with van der Waals surface area (Å²) in [6.07, 6.45) is 0. The Bertz CT molecular complexity index is 449. The number of rotatable bonds is 3. The third-order valence-corrected chi connectivity index (χ3v) is 2.52. The van der Waals surface area contributed by atoms with Crippen molar-refractivity contribution in [1.82, 2.24) is 0 Å². The molecule has 0 N–H and O–H groups in total. The van der Waals surface area contributed by atoms with Gasteiger partial charge in [0.1, 0.15) is 0 Å². The molecule has 0 aromatic heterocycles. The first-order valence-electron chi connectivity index (χ1n) is 4.91. The maximum Gasteiger partial charge on any atom is 0.338 e. The topological polar surface area (TPSA) is 50.1 Å². The highest BCUT2D eigenvalue weighted by Crippen LogP contribution is 2.21. The van der Waals surface area contributed by atoms with Crippen molar-refractivity contribution in [1.29, 1.82) is 5.26 Å². The Labute approximate surface area is 99.6 Å². The minimum atomic E-state index is -0.423. The van der Waals surface area contributed by atoms with Gasteiger partial charge >= 0.3 is 5.97 Å². The second-order valence-electron chi connectivity index (χ2n) is 3.25. The monoisotopic (exact) mass is 237 g/mol. The molecule has 0 aliphatic rings. The van der Waals surface area contributed by atoms with E-state index in [4.69, 9.17) is 21.6 Å². The van der Waals surface area contributed by atoms with Gasteiger partial charge in [0.25, 0.3) is 0 Å². The Morgan fingerprint density at radius 1 is 1.56 bits per heavy atom. The summed E-state index contributed by atoms with van der Waals surface area (Å²) in [7, 11) is 0. The number of benzene rings is 1. The van der Waals surface area contributed by atoms with Crippen LogP contribution in [0.5, 0.6) is 0 Å².